The number of rotatable bonds is 4. The molecule has 0 unspecified atom stereocenters. The Morgan fingerprint density at radius 3 is 2.09 bits per heavy atom. The van der Waals surface area contributed by atoms with E-state index in [0.29, 0.717) is 16.9 Å². The zero-order valence-electron chi connectivity index (χ0n) is 13.4. The van der Waals surface area contributed by atoms with Crippen molar-refractivity contribution in [3.05, 3.63) is 65.7 Å². The van der Waals surface area contributed by atoms with Crippen LogP contribution in [-0.4, -0.2) is 32.2 Å². The molecule has 5 nitrogen and oxygen atoms in total. The molecular formula is C18H20O5. The van der Waals surface area contributed by atoms with E-state index in [2.05, 4.69) is 0 Å². The van der Waals surface area contributed by atoms with Crippen LogP contribution >= 0.6 is 0 Å². The van der Waals surface area contributed by atoms with E-state index in [4.69, 9.17) is 18.9 Å². The predicted octanol–water partition coefficient (Wildman–Crippen LogP) is 2.60. The first-order valence-electron chi connectivity index (χ1n) is 7.32. The molecule has 3 rings (SSSR count). The lowest BCUT2D eigenvalue weighted by Crippen LogP contribution is -2.64. The summed E-state index contributed by atoms with van der Waals surface area (Å²) in [5.41, 5.74) is 1.26. The molecule has 0 fully saturated rings. The van der Waals surface area contributed by atoms with Crippen LogP contribution in [0.2, 0.25) is 0 Å². The van der Waals surface area contributed by atoms with Gasteiger partial charge in [0, 0.05) is 32.5 Å². The highest BCUT2D eigenvalue weighted by Gasteiger charge is 2.65. The maximum atomic E-state index is 11.0. The highest BCUT2D eigenvalue weighted by molar-refractivity contribution is 5.42. The summed E-state index contributed by atoms with van der Waals surface area (Å²) in [6, 6.07) is 16.5. The molecule has 0 spiro atoms. The summed E-state index contributed by atoms with van der Waals surface area (Å²) in [5.74, 6) is -2.49. The van der Waals surface area contributed by atoms with Crippen LogP contribution in [0.1, 0.15) is 17.2 Å². The number of ether oxygens (including phenoxy) is 4. The van der Waals surface area contributed by atoms with E-state index in [-0.39, 0.29) is 0 Å². The molecule has 1 N–H and O–H groups in total. The SMILES string of the molecule is COC1(OC)[C@H](O)c2ccccc2O[C@@]1(OC)c1ccccc1. The number of fused-ring (bicyclic) bond motifs is 1. The van der Waals surface area contributed by atoms with Crippen LogP contribution in [0.25, 0.3) is 0 Å². The van der Waals surface area contributed by atoms with Gasteiger partial charge in [0.1, 0.15) is 11.9 Å². The molecule has 0 bridgehead atoms. The lowest BCUT2D eigenvalue weighted by molar-refractivity contribution is -0.414. The maximum absolute atomic E-state index is 11.0. The van der Waals surface area contributed by atoms with E-state index in [0.717, 1.165) is 0 Å². The van der Waals surface area contributed by atoms with Gasteiger partial charge in [-0.05, 0) is 6.07 Å². The smallest absolute Gasteiger partial charge is 0.295 e. The summed E-state index contributed by atoms with van der Waals surface area (Å²) in [5, 5.41) is 11.0. The van der Waals surface area contributed by atoms with Gasteiger partial charge >= 0.3 is 0 Å². The third-order valence-corrected chi connectivity index (χ3v) is 4.33. The summed E-state index contributed by atoms with van der Waals surface area (Å²) in [7, 11) is 4.42. The fraction of sp³-hybridized carbons (Fsp3) is 0.333. The van der Waals surface area contributed by atoms with Crippen molar-refractivity contribution in [1.82, 2.24) is 0 Å². The first-order chi connectivity index (χ1) is 11.1. The highest BCUT2D eigenvalue weighted by Crippen LogP contribution is 2.53. The maximum Gasteiger partial charge on any atom is 0.295 e. The van der Waals surface area contributed by atoms with Crippen LogP contribution in [0.5, 0.6) is 5.75 Å². The highest BCUT2D eigenvalue weighted by atomic mass is 16.8. The van der Waals surface area contributed by atoms with Gasteiger partial charge in [-0.2, -0.15) is 0 Å². The lowest BCUT2D eigenvalue weighted by Gasteiger charge is -2.51. The first kappa shape index (κ1) is 16.0. The predicted molar refractivity (Wildman–Crippen MR) is 83.9 cm³/mol. The van der Waals surface area contributed by atoms with Crippen molar-refractivity contribution in [1.29, 1.82) is 0 Å². The third-order valence-electron chi connectivity index (χ3n) is 4.33. The minimum atomic E-state index is -1.56. The minimum Gasteiger partial charge on any atom is -0.452 e. The minimum absolute atomic E-state index is 0.524. The Balaban J connectivity index is 2.28. The molecule has 1 heterocycles. The van der Waals surface area contributed by atoms with E-state index in [1.54, 1.807) is 12.1 Å². The Morgan fingerprint density at radius 1 is 0.870 bits per heavy atom. The van der Waals surface area contributed by atoms with Gasteiger partial charge in [-0.15, -0.1) is 0 Å². The molecule has 122 valence electrons. The monoisotopic (exact) mass is 316 g/mol. The van der Waals surface area contributed by atoms with Gasteiger partial charge in [0.25, 0.3) is 11.6 Å². The molecule has 0 saturated carbocycles. The largest absolute Gasteiger partial charge is 0.452 e. The Labute approximate surface area is 135 Å². The number of benzene rings is 2. The average molecular weight is 316 g/mol. The van der Waals surface area contributed by atoms with Crippen molar-refractivity contribution >= 4 is 0 Å². The number of methoxy groups -OCH3 is 3. The van der Waals surface area contributed by atoms with E-state index >= 15 is 0 Å². The van der Waals surface area contributed by atoms with Gasteiger partial charge in [0.2, 0.25) is 0 Å². The standard InChI is InChI=1S/C18H20O5/c1-20-17(13-9-5-4-6-10-13)18(21-2,22-3)16(19)14-11-7-8-12-15(14)23-17/h4-12,16,19H,1-3H3/t16-,17+/m1/s1. The first-order valence-corrected chi connectivity index (χ1v) is 7.32. The molecule has 2 atom stereocenters. The van der Waals surface area contributed by atoms with Crippen molar-refractivity contribution in [3.8, 4) is 5.75 Å². The normalized spacial score (nSPS) is 25.5. The lowest BCUT2D eigenvalue weighted by atomic mass is 9.85. The van der Waals surface area contributed by atoms with Crippen LogP contribution in [0.3, 0.4) is 0 Å². The second kappa shape index (κ2) is 5.94. The Morgan fingerprint density at radius 2 is 1.48 bits per heavy atom. The van der Waals surface area contributed by atoms with E-state index in [9.17, 15) is 5.11 Å². The average Bonchev–Trinajstić information content (AvgIpc) is 2.62. The number of aliphatic hydroxyl groups excluding tert-OH is 1. The number of para-hydroxylation sites is 1. The van der Waals surface area contributed by atoms with Gasteiger partial charge in [0.15, 0.2) is 0 Å². The van der Waals surface area contributed by atoms with Gasteiger partial charge in [-0.1, -0.05) is 48.5 Å². The molecule has 2 aromatic rings. The van der Waals surface area contributed by atoms with Crippen LogP contribution in [-0.2, 0) is 20.0 Å². The summed E-state index contributed by atoms with van der Waals surface area (Å²) in [4.78, 5) is 0. The molecule has 1 aliphatic rings. The van der Waals surface area contributed by atoms with Crippen molar-refractivity contribution in [2.45, 2.75) is 17.7 Å². The zero-order chi connectivity index (χ0) is 16.5. The molecule has 23 heavy (non-hydrogen) atoms. The van der Waals surface area contributed by atoms with Crippen molar-refractivity contribution in [2.75, 3.05) is 21.3 Å². The fourth-order valence-electron chi connectivity index (χ4n) is 3.20. The second-order valence-electron chi connectivity index (χ2n) is 5.30. The summed E-state index contributed by atoms with van der Waals surface area (Å²) >= 11 is 0. The molecule has 0 radical (unpaired) electrons. The Hall–Kier alpha value is -1.92. The number of hydrogen-bond acceptors (Lipinski definition) is 5. The van der Waals surface area contributed by atoms with Crippen LogP contribution in [0.15, 0.2) is 54.6 Å². The zero-order valence-corrected chi connectivity index (χ0v) is 13.4. The van der Waals surface area contributed by atoms with Crippen LogP contribution in [0, 0.1) is 0 Å². The molecule has 5 heteroatoms. The quantitative estimate of drug-likeness (QED) is 0.879. The number of hydrogen-bond donors (Lipinski definition) is 1. The second-order valence-corrected chi connectivity index (χ2v) is 5.30. The van der Waals surface area contributed by atoms with Gasteiger partial charge in [-0.3, -0.25) is 0 Å². The topological polar surface area (TPSA) is 57.2 Å². The molecule has 0 saturated heterocycles. The van der Waals surface area contributed by atoms with E-state index < -0.39 is 17.7 Å². The molecule has 0 aromatic heterocycles. The van der Waals surface area contributed by atoms with Crippen LogP contribution in [0.4, 0.5) is 0 Å². The Bertz CT molecular complexity index is 668. The molecule has 0 aliphatic carbocycles. The van der Waals surface area contributed by atoms with Crippen LogP contribution < -0.4 is 4.74 Å². The van der Waals surface area contributed by atoms with E-state index in [1.165, 1.54) is 21.3 Å². The fourth-order valence-corrected chi connectivity index (χ4v) is 3.20. The van der Waals surface area contributed by atoms with E-state index in [1.807, 2.05) is 42.5 Å². The summed E-state index contributed by atoms with van der Waals surface area (Å²) < 4.78 is 23.2. The summed E-state index contributed by atoms with van der Waals surface area (Å²) in [6.07, 6.45) is -1.09. The van der Waals surface area contributed by atoms with Gasteiger partial charge in [-0.25, -0.2) is 0 Å². The molecule has 2 aromatic carbocycles. The summed E-state index contributed by atoms with van der Waals surface area (Å²) in [6.45, 7) is 0. The van der Waals surface area contributed by atoms with Crippen molar-refractivity contribution < 1.29 is 24.1 Å². The van der Waals surface area contributed by atoms with Gasteiger partial charge in [0.05, 0.1) is 0 Å². The number of aliphatic hydroxyl groups is 1. The molecular weight excluding hydrogens is 296 g/mol. The molecule has 1 aliphatic heterocycles. The van der Waals surface area contributed by atoms with Gasteiger partial charge < -0.3 is 24.1 Å². The third kappa shape index (κ3) is 2.09. The van der Waals surface area contributed by atoms with Crippen molar-refractivity contribution in [3.63, 3.8) is 0 Å². The molecule has 0 amide bonds. The van der Waals surface area contributed by atoms with Crippen molar-refractivity contribution in [2.24, 2.45) is 0 Å². The Kier molecular flexibility index (Phi) is 4.12.